The molecule has 0 bridgehead atoms. The summed E-state index contributed by atoms with van der Waals surface area (Å²) in [7, 11) is 0.425. The second-order valence-corrected chi connectivity index (χ2v) is 6.01. The Morgan fingerprint density at radius 1 is 1.50 bits per heavy atom. The van der Waals surface area contributed by atoms with E-state index in [1.54, 1.807) is 0 Å². The number of carbonyl (C=O) groups excluding carboxylic acids is 1. The van der Waals surface area contributed by atoms with Crippen LogP contribution in [0.15, 0.2) is 22.7 Å². The minimum atomic E-state index is -4.32. The van der Waals surface area contributed by atoms with E-state index in [4.69, 9.17) is 10.7 Å². The van der Waals surface area contributed by atoms with Crippen molar-refractivity contribution in [1.29, 1.82) is 0 Å². The number of hydrogen-bond donors (Lipinski definition) is 1. The van der Waals surface area contributed by atoms with Gasteiger partial charge in [0.05, 0.1) is 4.92 Å². The first-order chi connectivity index (χ1) is 8.19. The van der Waals surface area contributed by atoms with E-state index in [-0.39, 0.29) is 0 Å². The van der Waals surface area contributed by atoms with Gasteiger partial charge in [0.15, 0.2) is 0 Å². The van der Waals surface area contributed by atoms with Crippen LogP contribution in [0.2, 0.25) is 0 Å². The van der Waals surface area contributed by atoms with Crippen molar-refractivity contribution in [3.63, 3.8) is 0 Å². The molecule has 0 aliphatic heterocycles. The largest absolute Gasteiger partial charge is 0.427 e. The van der Waals surface area contributed by atoms with E-state index in [0.717, 1.165) is 12.1 Å². The van der Waals surface area contributed by atoms with Gasteiger partial charge in [-0.1, -0.05) is 15.9 Å². The number of hydrogen-bond acceptors (Lipinski definition) is 6. The molecule has 11 heteroatoms. The third kappa shape index (κ3) is 4.47. The molecule has 0 spiro atoms. The van der Waals surface area contributed by atoms with Crippen LogP contribution in [-0.2, 0) is 9.24 Å². The number of benzene rings is 1. The molecule has 1 rings (SSSR count). The molecule has 0 radical (unpaired) electrons. The van der Waals surface area contributed by atoms with Gasteiger partial charge in [-0.15, -0.1) is 0 Å². The van der Waals surface area contributed by atoms with E-state index in [1.165, 1.54) is 10.8 Å². The molecular formula is C7H4BrClN2O6S. The topological polar surface area (TPSA) is 116 Å². The number of nitrogens with zero attached hydrogens (tertiary/aromatic N) is 1. The predicted octanol–water partition coefficient (Wildman–Crippen LogP) is 1.93. The fourth-order valence-corrected chi connectivity index (χ4v) is 1.72. The van der Waals surface area contributed by atoms with Crippen molar-refractivity contribution in [1.82, 2.24) is 4.72 Å². The lowest BCUT2D eigenvalue weighted by Gasteiger charge is -2.04. The summed E-state index contributed by atoms with van der Waals surface area (Å²) in [5.74, 6) is -0.416. The Morgan fingerprint density at radius 3 is 2.61 bits per heavy atom. The lowest BCUT2D eigenvalue weighted by atomic mass is 10.3. The normalized spacial score (nSPS) is 10.8. The maximum Gasteiger partial charge on any atom is 0.427 e. The van der Waals surface area contributed by atoms with Gasteiger partial charge in [-0.3, -0.25) is 10.1 Å². The molecule has 0 unspecified atom stereocenters. The average molecular weight is 360 g/mol. The number of nitro benzene ring substituents is 1. The summed E-state index contributed by atoms with van der Waals surface area (Å²) in [4.78, 5) is 20.9. The zero-order valence-corrected chi connectivity index (χ0v) is 11.5. The first-order valence-electron chi connectivity index (χ1n) is 4.07. The number of amides is 1. The minimum Gasteiger partial charge on any atom is -0.402 e. The van der Waals surface area contributed by atoms with E-state index in [9.17, 15) is 23.3 Å². The number of rotatable bonds is 3. The summed E-state index contributed by atoms with van der Waals surface area (Å²) < 4.78 is 27.2. The number of carbonyl (C=O) groups is 1. The summed E-state index contributed by atoms with van der Waals surface area (Å²) in [6.45, 7) is 0. The van der Waals surface area contributed by atoms with Gasteiger partial charge in [0.25, 0.3) is 0 Å². The van der Waals surface area contributed by atoms with Crippen molar-refractivity contribution in [3.05, 3.63) is 32.8 Å². The van der Waals surface area contributed by atoms with Gasteiger partial charge in [0.2, 0.25) is 5.75 Å². The van der Waals surface area contributed by atoms with E-state index >= 15 is 0 Å². The number of ether oxygens (including phenoxy) is 1. The van der Waals surface area contributed by atoms with Crippen LogP contribution < -0.4 is 9.46 Å². The zero-order valence-electron chi connectivity index (χ0n) is 8.29. The Balaban J connectivity index is 2.98. The molecule has 1 aromatic rings. The highest BCUT2D eigenvalue weighted by Crippen LogP contribution is 2.30. The van der Waals surface area contributed by atoms with Crippen molar-refractivity contribution >= 4 is 47.6 Å². The molecule has 0 heterocycles. The zero-order chi connectivity index (χ0) is 13.9. The van der Waals surface area contributed by atoms with Crippen LogP contribution in [-0.4, -0.2) is 19.4 Å². The fourth-order valence-electron chi connectivity index (χ4n) is 0.940. The lowest BCUT2D eigenvalue weighted by Crippen LogP contribution is -2.29. The quantitative estimate of drug-likeness (QED) is 0.501. The summed E-state index contributed by atoms with van der Waals surface area (Å²) in [5.41, 5.74) is -0.508. The van der Waals surface area contributed by atoms with Crippen LogP contribution >= 0.6 is 26.6 Å². The molecule has 0 saturated heterocycles. The van der Waals surface area contributed by atoms with Crippen molar-refractivity contribution in [2.75, 3.05) is 0 Å². The third-order valence-electron chi connectivity index (χ3n) is 1.53. The Kier molecular flexibility index (Phi) is 4.48. The SMILES string of the molecule is O=C(NS(=O)(=O)Cl)Oc1ccc(Br)cc1[N+](=O)[O-]. The van der Waals surface area contributed by atoms with Gasteiger partial charge >= 0.3 is 21.0 Å². The molecule has 0 fully saturated rings. The second-order valence-electron chi connectivity index (χ2n) is 2.80. The van der Waals surface area contributed by atoms with Crippen LogP contribution in [0.3, 0.4) is 0 Å². The second kappa shape index (κ2) is 5.50. The third-order valence-corrected chi connectivity index (χ3v) is 2.66. The monoisotopic (exact) mass is 358 g/mol. The van der Waals surface area contributed by atoms with Crippen LogP contribution in [0.4, 0.5) is 10.5 Å². The first kappa shape index (κ1) is 14.7. The summed E-state index contributed by atoms with van der Waals surface area (Å²) >= 11 is 3.00. The molecule has 98 valence electrons. The highest BCUT2D eigenvalue weighted by Gasteiger charge is 2.20. The molecule has 0 aliphatic carbocycles. The van der Waals surface area contributed by atoms with Crippen LogP contribution in [0.1, 0.15) is 0 Å². The molecule has 0 aromatic heterocycles. The van der Waals surface area contributed by atoms with E-state index in [2.05, 4.69) is 20.7 Å². The molecule has 8 nitrogen and oxygen atoms in total. The van der Waals surface area contributed by atoms with Gasteiger partial charge in [0, 0.05) is 21.2 Å². The van der Waals surface area contributed by atoms with Crippen LogP contribution in [0.25, 0.3) is 0 Å². The Morgan fingerprint density at radius 2 is 2.11 bits per heavy atom. The average Bonchev–Trinajstić information content (AvgIpc) is 2.17. The fraction of sp³-hybridized carbons (Fsp3) is 0. The smallest absolute Gasteiger partial charge is 0.402 e. The lowest BCUT2D eigenvalue weighted by molar-refractivity contribution is -0.385. The molecule has 18 heavy (non-hydrogen) atoms. The van der Waals surface area contributed by atoms with E-state index < -0.39 is 31.7 Å². The first-order valence-corrected chi connectivity index (χ1v) is 7.17. The maximum absolute atomic E-state index is 11.1. The molecule has 1 amide bonds. The molecule has 0 saturated carbocycles. The Bertz CT molecular complexity index is 604. The minimum absolute atomic E-state index is 0.395. The Labute approximate surface area is 114 Å². The maximum atomic E-state index is 11.1. The van der Waals surface area contributed by atoms with Gasteiger partial charge < -0.3 is 4.74 Å². The highest BCUT2D eigenvalue weighted by molar-refractivity contribution is 9.10. The molecule has 1 aromatic carbocycles. The highest BCUT2D eigenvalue weighted by atomic mass is 79.9. The molecule has 0 aliphatic rings. The van der Waals surface area contributed by atoms with E-state index in [0.29, 0.717) is 4.47 Å². The van der Waals surface area contributed by atoms with E-state index in [1.807, 2.05) is 0 Å². The predicted molar refractivity (Wildman–Crippen MR) is 64.7 cm³/mol. The number of halogens is 2. The summed E-state index contributed by atoms with van der Waals surface area (Å²) in [6.07, 6.45) is -1.45. The van der Waals surface area contributed by atoms with Crippen LogP contribution in [0.5, 0.6) is 5.75 Å². The van der Waals surface area contributed by atoms with Crippen molar-refractivity contribution in [2.24, 2.45) is 0 Å². The molecule has 0 atom stereocenters. The number of nitro groups is 1. The Hall–Kier alpha value is -1.39. The van der Waals surface area contributed by atoms with Gasteiger partial charge in [-0.2, -0.15) is 8.42 Å². The molecule has 1 N–H and O–H groups in total. The standard InChI is InChI=1S/C7H4BrClN2O6S/c8-4-1-2-6(5(3-4)11(13)14)17-7(12)10-18(9,15)16/h1-3H,(H,10,12). The summed E-state index contributed by atoms with van der Waals surface area (Å²) in [5, 5.41) is 10.7. The van der Waals surface area contributed by atoms with Gasteiger partial charge in [-0.05, 0) is 12.1 Å². The van der Waals surface area contributed by atoms with Crippen molar-refractivity contribution in [3.8, 4) is 5.75 Å². The van der Waals surface area contributed by atoms with Gasteiger partial charge in [0.1, 0.15) is 0 Å². The molecular weight excluding hydrogens is 356 g/mol. The van der Waals surface area contributed by atoms with Crippen LogP contribution in [0, 0.1) is 10.1 Å². The summed E-state index contributed by atoms with van der Waals surface area (Å²) in [6, 6.07) is 3.60. The van der Waals surface area contributed by atoms with Crippen molar-refractivity contribution in [2.45, 2.75) is 0 Å². The van der Waals surface area contributed by atoms with Crippen molar-refractivity contribution < 1.29 is 22.9 Å². The van der Waals surface area contributed by atoms with Gasteiger partial charge in [-0.25, -0.2) is 9.52 Å². The number of nitrogens with one attached hydrogen (secondary N) is 1.